The van der Waals surface area contributed by atoms with Gasteiger partial charge in [0.1, 0.15) is 0 Å². The van der Waals surface area contributed by atoms with Crippen LogP contribution in [-0.4, -0.2) is 15.2 Å². The van der Waals surface area contributed by atoms with Crippen molar-refractivity contribution in [2.75, 3.05) is 0 Å². The predicted octanol–water partition coefficient (Wildman–Crippen LogP) is 3.08. The second kappa shape index (κ2) is 5.84. The summed E-state index contributed by atoms with van der Waals surface area (Å²) in [5.74, 6) is 0. The predicted molar refractivity (Wildman–Crippen MR) is 74.2 cm³/mol. The van der Waals surface area contributed by atoms with Crippen molar-refractivity contribution < 1.29 is 9.59 Å². The number of aromatic nitrogens is 1. The second-order valence-corrected chi connectivity index (χ2v) is 4.85. The van der Waals surface area contributed by atoms with Gasteiger partial charge in [0.25, 0.3) is 0 Å². The highest BCUT2D eigenvalue weighted by Gasteiger charge is 2.13. The molecule has 18 heavy (non-hydrogen) atoms. The second-order valence-electron chi connectivity index (χ2n) is 3.43. The van der Waals surface area contributed by atoms with E-state index in [0.717, 1.165) is 11.8 Å². The van der Waals surface area contributed by atoms with Gasteiger partial charge in [0, 0.05) is 28.4 Å². The molecule has 0 saturated heterocycles. The van der Waals surface area contributed by atoms with Crippen molar-refractivity contribution in [2.24, 2.45) is 0 Å². The van der Waals surface area contributed by atoms with Gasteiger partial charge in [-0.25, -0.2) is 0 Å². The third-order valence-corrected chi connectivity index (χ3v) is 3.46. The number of rotatable bonds is 3. The van der Waals surface area contributed by atoms with Crippen molar-refractivity contribution in [3.8, 4) is 0 Å². The van der Waals surface area contributed by atoms with E-state index in [4.69, 9.17) is 0 Å². The molecule has 0 amide bonds. The fraction of sp³-hybridized carbons (Fsp3) is 0. The minimum absolute atomic E-state index is 0.148. The molecular weight excluding hydrogens is 266 g/mol. The third-order valence-electron chi connectivity index (χ3n) is 2.22. The number of nitrogens with zero attached hydrogens (tertiary/aromatic N) is 1. The van der Waals surface area contributed by atoms with Crippen LogP contribution >= 0.6 is 24.4 Å². The van der Waals surface area contributed by atoms with Gasteiger partial charge in [-0.2, -0.15) is 0 Å². The highest BCUT2D eigenvalue weighted by Crippen LogP contribution is 2.26. The Morgan fingerprint density at radius 1 is 1.11 bits per heavy atom. The Balaban J connectivity index is 2.25. The summed E-state index contributed by atoms with van der Waals surface area (Å²) in [6.07, 6.45) is 3.10. The van der Waals surface area contributed by atoms with E-state index in [2.05, 4.69) is 17.6 Å². The number of carbonyl (C=O) groups excluding carboxylic acids is 2. The molecule has 3 nitrogen and oxygen atoms in total. The lowest BCUT2D eigenvalue weighted by atomic mass is 10.2. The number of hydrogen-bond acceptors (Lipinski definition) is 4. The van der Waals surface area contributed by atoms with Crippen LogP contribution in [0.3, 0.4) is 0 Å². The molecule has 5 heteroatoms. The summed E-state index contributed by atoms with van der Waals surface area (Å²) in [4.78, 5) is 27.8. The highest BCUT2D eigenvalue weighted by atomic mass is 32.2. The average Bonchev–Trinajstić information content (AvgIpc) is 2.40. The standard InChI is InChI=1S/C13H9NO2S2/c15-12(17)10-5-1-2-6-11(10)18-13(16)9-4-3-7-14-8-9/h1-8H,(H,15,17). The minimum atomic E-state index is -0.350. The maximum Gasteiger partial charge on any atom is 0.225 e. The Morgan fingerprint density at radius 2 is 1.89 bits per heavy atom. The van der Waals surface area contributed by atoms with Gasteiger partial charge in [-0.3, -0.25) is 14.6 Å². The van der Waals surface area contributed by atoms with Gasteiger partial charge in [-0.05, 0) is 36.0 Å². The van der Waals surface area contributed by atoms with Crippen molar-refractivity contribution in [3.05, 3.63) is 59.9 Å². The fourth-order valence-electron chi connectivity index (χ4n) is 1.37. The van der Waals surface area contributed by atoms with Crippen molar-refractivity contribution in [1.29, 1.82) is 0 Å². The fourth-order valence-corrected chi connectivity index (χ4v) is 2.50. The zero-order valence-corrected chi connectivity index (χ0v) is 10.9. The van der Waals surface area contributed by atoms with Gasteiger partial charge in [-0.1, -0.05) is 12.1 Å². The van der Waals surface area contributed by atoms with E-state index < -0.39 is 0 Å². The smallest absolute Gasteiger partial charge is 0.225 e. The lowest BCUT2D eigenvalue weighted by molar-refractivity contribution is 0.108. The van der Waals surface area contributed by atoms with Gasteiger partial charge in [0.15, 0.2) is 0 Å². The molecule has 2 rings (SSSR count). The lowest BCUT2D eigenvalue weighted by Crippen LogP contribution is -1.97. The molecule has 1 aromatic carbocycles. The topological polar surface area (TPSA) is 47.0 Å². The first-order valence-corrected chi connectivity index (χ1v) is 6.39. The summed E-state index contributed by atoms with van der Waals surface area (Å²) in [5.41, 5.74) is 0.937. The quantitative estimate of drug-likeness (QED) is 0.690. The summed E-state index contributed by atoms with van der Waals surface area (Å²) in [6.45, 7) is 0. The summed E-state index contributed by atoms with van der Waals surface area (Å²) in [6, 6.07) is 10.3. The molecule has 0 atom stereocenters. The Kier molecular flexibility index (Phi) is 4.17. The number of hydrogen-bond donors (Lipinski definition) is 1. The van der Waals surface area contributed by atoms with Crippen LogP contribution in [0.2, 0.25) is 0 Å². The molecule has 0 bridgehead atoms. The first-order chi connectivity index (χ1) is 8.68. The van der Waals surface area contributed by atoms with Gasteiger partial charge in [0.05, 0.1) is 0 Å². The van der Waals surface area contributed by atoms with Crippen LogP contribution in [0.4, 0.5) is 0 Å². The van der Waals surface area contributed by atoms with E-state index in [1.54, 1.807) is 42.6 Å². The van der Waals surface area contributed by atoms with Crippen molar-refractivity contribution in [3.63, 3.8) is 0 Å². The molecule has 0 fully saturated rings. The Bertz CT molecular complexity index is 585. The molecule has 0 aliphatic heterocycles. The monoisotopic (exact) mass is 275 g/mol. The molecule has 0 saturated carbocycles. The SMILES string of the molecule is O=C(Sc1ccccc1C(=O)S)c1cccnc1. The zero-order chi connectivity index (χ0) is 13.0. The summed E-state index contributed by atoms with van der Waals surface area (Å²) in [7, 11) is 0. The van der Waals surface area contributed by atoms with Crippen molar-refractivity contribution >= 4 is 34.6 Å². The number of pyridine rings is 1. The average molecular weight is 275 g/mol. The normalized spacial score (nSPS) is 10.1. The first-order valence-electron chi connectivity index (χ1n) is 5.13. The number of benzene rings is 1. The molecule has 0 spiro atoms. The summed E-state index contributed by atoms with van der Waals surface area (Å²) < 4.78 is 0. The maximum atomic E-state index is 12.0. The molecule has 1 heterocycles. The molecular formula is C13H9NO2S2. The molecule has 0 aliphatic carbocycles. The van der Waals surface area contributed by atoms with Crippen LogP contribution in [0.5, 0.6) is 0 Å². The number of thioether (sulfide) groups is 1. The Labute approximate surface area is 114 Å². The van der Waals surface area contributed by atoms with Crippen LogP contribution in [0.1, 0.15) is 20.7 Å². The van der Waals surface area contributed by atoms with Crippen LogP contribution in [0, 0.1) is 0 Å². The minimum Gasteiger partial charge on any atom is -0.282 e. The van der Waals surface area contributed by atoms with E-state index in [9.17, 15) is 9.59 Å². The van der Waals surface area contributed by atoms with Crippen molar-refractivity contribution in [1.82, 2.24) is 4.98 Å². The Hall–Kier alpha value is -1.59. The van der Waals surface area contributed by atoms with Crippen LogP contribution < -0.4 is 0 Å². The van der Waals surface area contributed by atoms with E-state index in [0.29, 0.717) is 16.0 Å². The lowest BCUT2D eigenvalue weighted by Gasteiger charge is -2.04. The zero-order valence-electron chi connectivity index (χ0n) is 9.24. The van der Waals surface area contributed by atoms with Gasteiger partial charge in [0.2, 0.25) is 10.2 Å². The highest BCUT2D eigenvalue weighted by molar-refractivity contribution is 8.14. The van der Waals surface area contributed by atoms with E-state index >= 15 is 0 Å². The van der Waals surface area contributed by atoms with Crippen LogP contribution in [-0.2, 0) is 0 Å². The van der Waals surface area contributed by atoms with Gasteiger partial charge in [-0.15, -0.1) is 12.6 Å². The Morgan fingerprint density at radius 3 is 2.56 bits per heavy atom. The first kappa shape index (κ1) is 12.9. The molecule has 1 aromatic heterocycles. The maximum absolute atomic E-state index is 12.0. The molecule has 2 aromatic rings. The van der Waals surface area contributed by atoms with Gasteiger partial charge >= 0.3 is 0 Å². The molecule has 0 N–H and O–H groups in total. The largest absolute Gasteiger partial charge is 0.282 e. The van der Waals surface area contributed by atoms with E-state index in [-0.39, 0.29) is 10.2 Å². The molecule has 0 unspecified atom stereocenters. The van der Waals surface area contributed by atoms with Crippen LogP contribution in [0.15, 0.2) is 53.7 Å². The van der Waals surface area contributed by atoms with Gasteiger partial charge < -0.3 is 0 Å². The van der Waals surface area contributed by atoms with E-state index in [1.807, 2.05) is 0 Å². The number of thiol groups is 1. The summed E-state index contributed by atoms with van der Waals surface area (Å²) in [5, 5.41) is -0.498. The molecule has 0 radical (unpaired) electrons. The molecule has 90 valence electrons. The summed E-state index contributed by atoms with van der Waals surface area (Å²) >= 11 is 4.79. The number of carbonyl (C=O) groups is 2. The van der Waals surface area contributed by atoms with Crippen molar-refractivity contribution in [2.45, 2.75) is 4.90 Å². The van der Waals surface area contributed by atoms with E-state index in [1.165, 1.54) is 6.20 Å². The van der Waals surface area contributed by atoms with Crippen LogP contribution in [0.25, 0.3) is 0 Å². The third kappa shape index (κ3) is 3.00. The molecule has 0 aliphatic rings.